The Hall–Kier alpha value is -1.64. The Morgan fingerprint density at radius 2 is 0.955 bits per heavy atom. The number of ether oxygens (including phenoxy) is 2. The van der Waals surface area contributed by atoms with Gasteiger partial charge in [-0.2, -0.15) is 0 Å². The maximum Gasteiger partial charge on any atom is 0.0818 e. The maximum atomic E-state index is 5.48. The van der Waals surface area contributed by atoms with Crippen LogP contribution in [0.3, 0.4) is 0 Å². The van der Waals surface area contributed by atoms with Crippen LogP contribution in [-0.2, 0) is 9.47 Å². The van der Waals surface area contributed by atoms with Crippen LogP contribution in [0.15, 0.2) is 48.5 Å². The molecule has 0 aromatic heterocycles. The molecule has 2 rings (SSSR count). The molecule has 2 nitrogen and oxygen atoms in total. The second-order valence-corrected chi connectivity index (χ2v) is 5.51. The molecule has 2 unspecified atom stereocenters. The fraction of sp³-hybridized carbons (Fsp3) is 0.400. The van der Waals surface area contributed by atoms with E-state index in [9.17, 15) is 0 Å². The highest BCUT2D eigenvalue weighted by molar-refractivity contribution is 5.64. The van der Waals surface area contributed by atoms with Gasteiger partial charge in [-0.3, -0.25) is 0 Å². The highest BCUT2D eigenvalue weighted by Crippen LogP contribution is 2.27. The van der Waals surface area contributed by atoms with Crippen molar-refractivity contribution in [3.05, 3.63) is 59.7 Å². The summed E-state index contributed by atoms with van der Waals surface area (Å²) >= 11 is 0. The first-order valence-electron chi connectivity index (χ1n) is 7.99. The van der Waals surface area contributed by atoms with Crippen LogP contribution >= 0.6 is 0 Å². The first-order valence-corrected chi connectivity index (χ1v) is 7.99. The standard InChI is InChI=1S/C20H26O2/c1-5-19(21-3)17-11-7-15(8-12-17)16-9-13-18(14-10-16)20(6-2)22-4/h7-14,19-20H,5-6H2,1-4H3. The Balaban J connectivity index is 2.18. The van der Waals surface area contributed by atoms with Gasteiger partial charge in [-0.1, -0.05) is 62.4 Å². The molecule has 22 heavy (non-hydrogen) atoms. The van der Waals surface area contributed by atoms with Crippen molar-refractivity contribution in [2.75, 3.05) is 14.2 Å². The Bertz CT molecular complexity index is 496. The van der Waals surface area contributed by atoms with E-state index in [1.54, 1.807) is 14.2 Å². The van der Waals surface area contributed by atoms with Crippen molar-refractivity contribution >= 4 is 0 Å². The average Bonchev–Trinajstić information content (AvgIpc) is 2.58. The van der Waals surface area contributed by atoms with Gasteiger partial charge >= 0.3 is 0 Å². The van der Waals surface area contributed by atoms with Crippen LogP contribution in [0.2, 0.25) is 0 Å². The Morgan fingerprint density at radius 1 is 0.636 bits per heavy atom. The lowest BCUT2D eigenvalue weighted by Crippen LogP contribution is -1.99. The second kappa shape index (κ2) is 8.11. The molecule has 0 aliphatic carbocycles. The average molecular weight is 298 g/mol. The number of benzene rings is 2. The van der Waals surface area contributed by atoms with E-state index in [2.05, 4.69) is 62.4 Å². The van der Waals surface area contributed by atoms with Crippen LogP contribution in [0.4, 0.5) is 0 Å². The zero-order chi connectivity index (χ0) is 15.9. The smallest absolute Gasteiger partial charge is 0.0818 e. The van der Waals surface area contributed by atoms with Crippen LogP contribution in [0, 0.1) is 0 Å². The lowest BCUT2D eigenvalue weighted by molar-refractivity contribution is 0.1000. The number of hydrogen-bond donors (Lipinski definition) is 0. The van der Waals surface area contributed by atoms with Crippen LogP contribution in [0.5, 0.6) is 0 Å². The van der Waals surface area contributed by atoms with Gasteiger partial charge in [0.1, 0.15) is 0 Å². The van der Waals surface area contributed by atoms with E-state index < -0.39 is 0 Å². The van der Waals surface area contributed by atoms with E-state index in [0.29, 0.717) is 0 Å². The summed E-state index contributed by atoms with van der Waals surface area (Å²) in [7, 11) is 3.53. The number of rotatable bonds is 7. The quantitative estimate of drug-likeness (QED) is 0.667. The van der Waals surface area contributed by atoms with Crippen molar-refractivity contribution < 1.29 is 9.47 Å². The molecule has 118 valence electrons. The van der Waals surface area contributed by atoms with E-state index in [-0.39, 0.29) is 12.2 Å². The van der Waals surface area contributed by atoms with Gasteiger partial charge in [-0.15, -0.1) is 0 Å². The predicted octanol–water partition coefficient (Wildman–Crippen LogP) is 5.55. The maximum absolute atomic E-state index is 5.48. The van der Waals surface area contributed by atoms with Crippen molar-refractivity contribution in [3.63, 3.8) is 0 Å². The van der Waals surface area contributed by atoms with Gasteiger partial charge in [0.05, 0.1) is 12.2 Å². The van der Waals surface area contributed by atoms with Gasteiger partial charge in [0.15, 0.2) is 0 Å². The molecule has 0 aliphatic rings. The molecule has 0 N–H and O–H groups in total. The lowest BCUT2D eigenvalue weighted by atomic mass is 9.98. The molecule has 2 aromatic rings. The minimum atomic E-state index is 0.184. The summed E-state index contributed by atoms with van der Waals surface area (Å²) in [4.78, 5) is 0. The predicted molar refractivity (Wildman–Crippen MR) is 92.0 cm³/mol. The zero-order valence-corrected chi connectivity index (χ0v) is 14.0. The third-order valence-electron chi connectivity index (χ3n) is 4.21. The second-order valence-electron chi connectivity index (χ2n) is 5.51. The molecule has 0 radical (unpaired) electrons. The van der Waals surface area contributed by atoms with Crippen molar-refractivity contribution in [3.8, 4) is 11.1 Å². The molecule has 2 atom stereocenters. The van der Waals surface area contributed by atoms with E-state index in [0.717, 1.165) is 12.8 Å². The minimum Gasteiger partial charge on any atom is -0.377 e. The zero-order valence-electron chi connectivity index (χ0n) is 14.0. The van der Waals surface area contributed by atoms with Gasteiger partial charge in [-0.05, 0) is 35.1 Å². The Kier molecular flexibility index (Phi) is 6.17. The normalized spacial score (nSPS) is 13.8. The fourth-order valence-corrected chi connectivity index (χ4v) is 2.86. The molecular formula is C20H26O2. The van der Waals surface area contributed by atoms with Gasteiger partial charge in [-0.25, -0.2) is 0 Å². The van der Waals surface area contributed by atoms with Crippen molar-refractivity contribution in [2.45, 2.75) is 38.9 Å². The molecule has 2 aromatic carbocycles. The molecule has 0 spiro atoms. The molecule has 2 heteroatoms. The van der Waals surface area contributed by atoms with Gasteiger partial charge < -0.3 is 9.47 Å². The Labute approximate surface area is 134 Å². The highest BCUT2D eigenvalue weighted by Gasteiger charge is 2.09. The third-order valence-corrected chi connectivity index (χ3v) is 4.21. The number of hydrogen-bond acceptors (Lipinski definition) is 2. The monoisotopic (exact) mass is 298 g/mol. The van der Waals surface area contributed by atoms with E-state index in [1.807, 2.05) is 0 Å². The molecule has 0 aliphatic heterocycles. The molecule has 0 fully saturated rings. The van der Waals surface area contributed by atoms with E-state index >= 15 is 0 Å². The topological polar surface area (TPSA) is 18.5 Å². The Morgan fingerprint density at radius 3 is 1.18 bits per heavy atom. The summed E-state index contributed by atoms with van der Waals surface area (Å²) in [6.45, 7) is 4.28. The molecule has 0 bridgehead atoms. The summed E-state index contributed by atoms with van der Waals surface area (Å²) in [6, 6.07) is 17.3. The van der Waals surface area contributed by atoms with Crippen molar-refractivity contribution in [1.29, 1.82) is 0 Å². The molecule has 0 amide bonds. The molecule has 0 saturated carbocycles. The van der Waals surface area contributed by atoms with Crippen molar-refractivity contribution in [2.24, 2.45) is 0 Å². The van der Waals surface area contributed by atoms with Gasteiger partial charge in [0, 0.05) is 14.2 Å². The lowest BCUT2D eigenvalue weighted by Gasteiger charge is -2.15. The third kappa shape index (κ3) is 3.76. The first-order chi connectivity index (χ1) is 10.7. The molecular weight excluding hydrogens is 272 g/mol. The van der Waals surface area contributed by atoms with Gasteiger partial charge in [0.25, 0.3) is 0 Å². The molecule has 0 heterocycles. The number of methoxy groups -OCH3 is 2. The highest BCUT2D eigenvalue weighted by atomic mass is 16.5. The SMILES string of the molecule is CCC(OC)c1ccc(-c2ccc(C(CC)OC)cc2)cc1. The van der Waals surface area contributed by atoms with E-state index in [4.69, 9.17) is 9.47 Å². The molecule has 0 saturated heterocycles. The first kappa shape index (κ1) is 16.7. The van der Waals surface area contributed by atoms with Crippen LogP contribution in [-0.4, -0.2) is 14.2 Å². The largest absolute Gasteiger partial charge is 0.377 e. The van der Waals surface area contributed by atoms with Crippen LogP contribution in [0.1, 0.15) is 50.0 Å². The summed E-state index contributed by atoms with van der Waals surface area (Å²) in [5.74, 6) is 0. The van der Waals surface area contributed by atoms with Crippen LogP contribution < -0.4 is 0 Å². The van der Waals surface area contributed by atoms with Crippen molar-refractivity contribution in [1.82, 2.24) is 0 Å². The summed E-state index contributed by atoms with van der Waals surface area (Å²) in [5, 5.41) is 0. The summed E-state index contributed by atoms with van der Waals surface area (Å²) in [5.41, 5.74) is 4.92. The summed E-state index contributed by atoms with van der Waals surface area (Å²) in [6.07, 6.45) is 2.34. The minimum absolute atomic E-state index is 0.184. The van der Waals surface area contributed by atoms with Crippen LogP contribution in [0.25, 0.3) is 11.1 Å². The fourth-order valence-electron chi connectivity index (χ4n) is 2.86. The summed E-state index contributed by atoms with van der Waals surface area (Å²) < 4.78 is 11.0. The van der Waals surface area contributed by atoms with Gasteiger partial charge in [0.2, 0.25) is 0 Å². The van der Waals surface area contributed by atoms with E-state index in [1.165, 1.54) is 22.3 Å².